The summed E-state index contributed by atoms with van der Waals surface area (Å²) in [6, 6.07) is 0. The van der Waals surface area contributed by atoms with Crippen molar-refractivity contribution in [2.45, 2.75) is 12.6 Å². The highest BCUT2D eigenvalue weighted by atomic mass is 19.4. The molecule has 3 heteroatoms. The zero-order valence-corrected chi connectivity index (χ0v) is 4.83. The van der Waals surface area contributed by atoms with Gasteiger partial charge in [-0.05, 0) is 6.42 Å². The van der Waals surface area contributed by atoms with E-state index in [2.05, 4.69) is 13.2 Å². The molecule has 0 aliphatic carbocycles. The minimum Gasteiger partial charge on any atom is -0.166 e. The molecular weight excluding hydrogens is 129 g/mol. The van der Waals surface area contributed by atoms with E-state index in [-0.39, 0.29) is 6.42 Å². The molecule has 0 N–H and O–H groups in total. The molecule has 0 aromatic carbocycles. The van der Waals surface area contributed by atoms with Gasteiger partial charge in [0.1, 0.15) is 0 Å². The minimum atomic E-state index is -4.26. The van der Waals surface area contributed by atoms with Gasteiger partial charge < -0.3 is 0 Å². The van der Waals surface area contributed by atoms with Crippen molar-refractivity contribution in [2.24, 2.45) is 0 Å². The number of hydrogen-bond acceptors (Lipinski definition) is 0. The van der Waals surface area contributed by atoms with Gasteiger partial charge in [-0.25, -0.2) is 0 Å². The highest BCUT2D eigenvalue weighted by Crippen LogP contribution is 2.26. The van der Waals surface area contributed by atoms with Crippen molar-refractivity contribution in [3.05, 3.63) is 24.8 Å². The van der Waals surface area contributed by atoms with Crippen LogP contribution in [0.15, 0.2) is 24.8 Å². The van der Waals surface area contributed by atoms with E-state index in [0.29, 0.717) is 0 Å². The Bertz CT molecular complexity index is 121. The molecule has 0 saturated heterocycles. The monoisotopic (exact) mass is 136 g/mol. The maximum atomic E-state index is 11.5. The fourth-order valence-corrected chi connectivity index (χ4v) is 0.290. The average Bonchev–Trinajstić information content (AvgIpc) is 1.64. The molecule has 0 fully saturated rings. The van der Waals surface area contributed by atoms with Crippen LogP contribution in [-0.4, -0.2) is 6.18 Å². The highest BCUT2D eigenvalue weighted by molar-refractivity contribution is 5.06. The van der Waals surface area contributed by atoms with Crippen molar-refractivity contribution < 1.29 is 13.2 Å². The van der Waals surface area contributed by atoms with Crippen LogP contribution in [0.5, 0.6) is 0 Å². The molecule has 0 aliphatic heterocycles. The summed E-state index contributed by atoms with van der Waals surface area (Å²) in [7, 11) is 0. The van der Waals surface area contributed by atoms with E-state index in [0.717, 1.165) is 0 Å². The van der Waals surface area contributed by atoms with Crippen molar-refractivity contribution in [1.29, 1.82) is 0 Å². The van der Waals surface area contributed by atoms with Crippen LogP contribution in [0.25, 0.3) is 0 Å². The summed E-state index contributed by atoms with van der Waals surface area (Å²) in [5.41, 5.74) is -0.752. The first-order valence-corrected chi connectivity index (χ1v) is 2.34. The van der Waals surface area contributed by atoms with Gasteiger partial charge in [0.2, 0.25) is 0 Å². The molecule has 52 valence electrons. The van der Waals surface area contributed by atoms with Gasteiger partial charge in [-0.1, -0.05) is 12.7 Å². The SMILES string of the molecule is C=CCC(=C)C(F)(F)F. The Morgan fingerprint density at radius 2 is 1.89 bits per heavy atom. The van der Waals surface area contributed by atoms with E-state index in [4.69, 9.17) is 0 Å². The van der Waals surface area contributed by atoms with Gasteiger partial charge in [-0.15, -0.1) is 6.58 Å². The lowest BCUT2D eigenvalue weighted by atomic mass is 10.2. The Kier molecular flexibility index (Phi) is 2.49. The second kappa shape index (κ2) is 2.71. The van der Waals surface area contributed by atoms with Crippen molar-refractivity contribution in [1.82, 2.24) is 0 Å². The molecule has 0 radical (unpaired) electrons. The quantitative estimate of drug-likeness (QED) is 0.512. The molecule has 0 amide bonds. The fourth-order valence-electron chi connectivity index (χ4n) is 0.290. The summed E-state index contributed by atoms with van der Waals surface area (Å²) in [6.45, 7) is 5.97. The fraction of sp³-hybridized carbons (Fsp3) is 0.333. The molecule has 0 atom stereocenters. The maximum Gasteiger partial charge on any atom is 0.412 e. The van der Waals surface area contributed by atoms with Gasteiger partial charge in [0.25, 0.3) is 0 Å². The molecule has 0 saturated carbocycles. The third-order valence-electron chi connectivity index (χ3n) is 0.792. The third kappa shape index (κ3) is 2.95. The molecule has 0 aromatic rings. The topological polar surface area (TPSA) is 0 Å². The van der Waals surface area contributed by atoms with Crippen LogP contribution in [0.1, 0.15) is 6.42 Å². The Labute approximate surface area is 51.7 Å². The molecule has 0 rings (SSSR count). The Balaban J connectivity index is 3.88. The molecule has 0 heterocycles. The van der Waals surface area contributed by atoms with Crippen LogP contribution >= 0.6 is 0 Å². The predicted octanol–water partition coefficient (Wildman–Crippen LogP) is 2.68. The summed E-state index contributed by atoms with van der Waals surface area (Å²) in [5, 5.41) is 0. The van der Waals surface area contributed by atoms with Gasteiger partial charge >= 0.3 is 6.18 Å². The van der Waals surface area contributed by atoms with Gasteiger partial charge in [0, 0.05) is 5.57 Å². The maximum absolute atomic E-state index is 11.5. The average molecular weight is 136 g/mol. The normalized spacial score (nSPS) is 11.0. The first-order chi connectivity index (χ1) is 3.98. The standard InChI is InChI=1S/C6H7F3/c1-3-4-5(2)6(7,8)9/h3H,1-2,4H2. The second-order valence-corrected chi connectivity index (χ2v) is 1.59. The molecule has 0 aromatic heterocycles. The van der Waals surface area contributed by atoms with Crippen molar-refractivity contribution in [3.63, 3.8) is 0 Å². The first kappa shape index (κ1) is 8.27. The van der Waals surface area contributed by atoms with Crippen LogP contribution in [0, 0.1) is 0 Å². The van der Waals surface area contributed by atoms with E-state index in [1.165, 1.54) is 6.08 Å². The summed E-state index contributed by atoms with van der Waals surface area (Å²) < 4.78 is 34.5. The first-order valence-electron chi connectivity index (χ1n) is 2.34. The number of alkyl halides is 3. The van der Waals surface area contributed by atoms with Crippen LogP contribution in [0.4, 0.5) is 13.2 Å². The highest BCUT2D eigenvalue weighted by Gasteiger charge is 2.30. The van der Waals surface area contributed by atoms with E-state index >= 15 is 0 Å². The lowest BCUT2D eigenvalue weighted by molar-refractivity contribution is -0.0924. The number of rotatable bonds is 2. The third-order valence-corrected chi connectivity index (χ3v) is 0.792. The molecule has 9 heavy (non-hydrogen) atoms. The molecular formula is C6H7F3. The minimum absolute atomic E-state index is 0.191. The zero-order valence-electron chi connectivity index (χ0n) is 4.83. The number of halogens is 3. The summed E-state index contributed by atoms with van der Waals surface area (Å²) in [5.74, 6) is 0. The molecule has 0 aliphatic rings. The largest absolute Gasteiger partial charge is 0.412 e. The van der Waals surface area contributed by atoms with Crippen molar-refractivity contribution in [2.75, 3.05) is 0 Å². The molecule has 0 unspecified atom stereocenters. The van der Waals surface area contributed by atoms with Crippen LogP contribution < -0.4 is 0 Å². The summed E-state index contributed by atoms with van der Waals surface area (Å²) in [4.78, 5) is 0. The number of hydrogen-bond donors (Lipinski definition) is 0. The van der Waals surface area contributed by atoms with E-state index < -0.39 is 11.7 Å². The van der Waals surface area contributed by atoms with Gasteiger partial charge in [0.05, 0.1) is 0 Å². The Morgan fingerprint density at radius 1 is 1.44 bits per heavy atom. The zero-order chi connectivity index (χ0) is 7.49. The van der Waals surface area contributed by atoms with E-state index in [9.17, 15) is 13.2 Å². The Morgan fingerprint density at radius 3 is 2.00 bits per heavy atom. The Hall–Kier alpha value is -0.730. The lowest BCUT2D eigenvalue weighted by Crippen LogP contribution is -2.09. The van der Waals surface area contributed by atoms with Crippen LogP contribution in [-0.2, 0) is 0 Å². The molecule has 0 bridgehead atoms. The second-order valence-electron chi connectivity index (χ2n) is 1.59. The van der Waals surface area contributed by atoms with Crippen LogP contribution in [0.2, 0.25) is 0 Å². The van der Waals surface area contributed by atoms with E-state index in [1.54, 1.807) is 0 Å². The molecule has 0 nitrogen and oxygen atoms in total. The summed E-state index contributed by atoms with van der Waals surface area (Å²) >= 11 is 0. The van der Waals surface area contributed by atoms with Crippen LogP contribution in [0.3, 0.4) is 0 Å². The lowest BCUT2D eigenvalue weighted by Gasteiger charge is -2.05. The summed E-state index contributed by atoms with van der Waals surface area (Å²) in [6.07, 6.45) is -3.27. The predicted molar refractivity (Wildman–Crippen MR) is 30.0 cm³/mol. The smallest absolute Gasteiger partial charge is 0.166 e. The van der Waals surface area contributed by atoms with Gasteiger partial charge in [0.15, 0.2) is 0 Å². The number of allylic oxidation sites excluding steroid dienone is 2. The van der Waals surface area contributed by atoms with Gasteiger partial charge in [-0.2, -0.15) is 13.2 Å². The van der Waals surface area contributed by atoms with Gasteiger partial charge in [-0.3, -0.25) is 0 Å². The van der Waals surface area contributed by atoms with Crippen molar-refractivity contribution in [3.8, 4) is 0 Å². The molecule has 0 spiro atoms. The van der Waals surface area contributed by atoms with Crippen molar-refractivity contribution >= 4 is 0 Å². The van der Waals surface area contributed by atoms with E-state index in [1.807, 2.05) is 0 Å².